The molecule has 3 fully saturated rings. The Morgan fingerprint density at radius 2 is 0.618 bits per heavy atom. The molecule has 2 aromatic heterocycles. The summed E-state index contributed by atoms with van der Waals surface area (Å²) in [6.45, 7) is 44.2. The van der Waals surface area contributed by atoms with Gasteiger partial charge in [0.1, 0.15) is 0 Å². The number of hydrogen-bond acceptors (Lipinski definition) is 7. The van der Waals surface area contributed by atoms with Gasteiger partial charge in [0.15, 0.2) is 0 Å². The number of nitrogens with zero attached hydrogens (tertiary/aromatic N) is 2. The molecule has 4 aromatic carbocycles. The van der Waals surface area contributed by atoms with E-state index in [0.29, 0.717) is 12.1 Å². The minimum atomic E-state index is -0.523. The van der Waals surface area contributed by atoms with Crippen LogP contribution in [0.2, 0.25) is 0 Å². The third kappa shape index (κ3) is 21.7. The van der Waals surface area contributed by atoms with Crippen molar-refractivity contribution in [1.82, 2.24) is 9.13 Å². The molecule has 11 rings (SSSR count). The van der Waals surface area contributed by atoms with Gasteiger partial charge in [0.25, 0.3) is 0 Å². The Balaban J connectivity index is 0.000000240. The SMILES string of the molecule is CC(C)OB1OC(C)(C)C(C)(C)O1.CCCCCCCCC(CCCCCCCC)n1c2cc(B3OC(C)(C)C(C)(C)O3)cc3c2c2c(cc(B4OC(C)(C)C(C)(C)O4)cc21)CC3.CCCCCCCCC(CCCCCCCC)n1c2cc(Br)cc3c2c2c(cc(Br)cc21)CC3.[CH2-]CCC.[Li+]. The molecule has 0 N–H and O–H groups in total. The van der Waals surface area contributed by atoms with Crippen LogP contribution in [0, 0.1) is 6.92 Å². The first-order chi connectivity index (χ1) is 48.0. The quantitative estimate of drug-likeness (QED) is 0.0223. The van der Waals surface area contributed by atoms with Crippen molar-refractivity contribution in [2.24, 2.45) is 0 Å². The van der Waals surface area contributed by atoms with Crippen LogP contribution < -0.4 is 29.8 Å². The van der Waals surface area contributed by atoms with Crippen LogP contribution in [-0.4, -0.2) is 70.4 Å². The van der Waals surface area contributed by atoms with Crippen molar-refractivity contribution in [3.63, 3.8) is 0 Å². The van der Waals surface area contributed by atoms with Crippen LogP contribution in [0.3, 0.4) is 0 Å². The Morgan fingerprint density at radius 1 is 0.373 bits per heavy atom. The molecular formula is C87H138B3Br2LiN2O7. The van der Waals surface area contributed by atoms with E-state index in [9.17, 15) is 0 Å². The van der Waals surface area contributed by atoms with Gasteiger partial charge in [0.2, 0.25) is 0 Å². The zero-order valence-electron chi connectivity index (χ0n) is 68.3. The molecule has 15 heteroatoms. The fourth-order valence-electron chi connectivity index (χ4n) is 15.7. The van der Waals surface area contributed by atoms with Crippen molar-refractivity contribution in [2.75, 3.05) is 0 Å². The summed E-state index contributed by atoms with van der Waals surface area (Å²) in [5.74, 6) is 0. The van der Waals surface area contributed by atoms with E-state index >= 15 is 0 Å². The summed E-state index contributed by atoms with van der Waals surface area (Å²) in [5.41, 5.74) is 11.8. The van der Waals surface area contributed by atoms with Gasteiger partial charge in [-0.05, 0) is 218 Å². The molecule has 0 saturated carbocycles. The zero-order chi connectivity index (χ0) is 73.5. The summed E-state index contributed by atoms with van der Waals surface area (Å²) in [5, 5.41) is 5.95. The molecule has 102 heavy (non-hydrogen) atoms. The van der Waals surface area contributed by atoms with Crippen molar-refractivity contribution in [1.29, 1.82) is 0 Å². The van der Waals surface area contributed by atoms with Gasteiger partial charge in [-0.15, -0.1) is 0 Å². The van der Waals surface area contributed by atoms with Crippen molar-refractivity contribution in [2.45, 2.75) is 402 Å². The molecule has 0 spiro atoms. The number of halogens is 2. The standard InChI is InChI=1S/C43H67B2NO4.C31H43Br2N.C9H19BO3.C4H9.Li/c1-11-13-15-17-19-21-23-35(24-22-20-18-16-14-12-2)46-36-29-33(44-47-40(3,4)41(5,6)48-44)27-31-25-26-32-28-34(30-37(46)39(32)38(31)36)45-49-42(7,8)43(9,10)50-45;1-3-5-7-9-11-13-15-27(16-14-12-10-8-6-4-2)34-28-21-25(32)19-23-17-18-24-20-26(33)22-29(34)31(24)30(23)28;1-7(2)11-10-12-8(3,4)9(5,6)13-10;1-3-4-2;/h27-30,35H,11-26H2,1-10H3;19-22,27H,3-18H2,1-2H3;7H,1-6H3;1,3-4H2,2H3;/q;;;-1;+1. The Labute approximate surface area is 652 Å². The molecule has 2 aliphatic carbocycles. The maximum atomic E-state index is 6.67. The average Bonchev–Trinajstić information content (AvgIpc) is 1.56. The van der Waals surface area contributed by atoms with Crippen LogP contribution in [0.25, 0.3) is 43.6 Å². The third-order valence-electron chi connectivity index (χ3n) is 23.9. The van der Waals surface area contributed by atoms with Crippen molar-refractivity contribution >= 4 is 108 Å². The van der Waals surface area contributed by atoms with E-state index in [-0.39, 0.29) is 72.8 Å². The molecule has 0 unspecified atom stereocenters. The first kappa shape index (κ1) is 87.2. The van der Waals surface area contributed by atoms with Gasteiger partial charge in [-0.25, -0.2) is 0 Å². The molecule has 0 atom stereocenters. The monoisotopic (exact) mass is 1520 g/mol. The Bertz CT molecular complexity index is 3330. The molecule has 0 bridgehead atoms. The van der Waals surface area contributed by atoms with Gasteiger partial charge in [-0.1, -0.05) is 239 Å². The third-order valence-corrected chi connectivity index (χ3v) is 24.9. The second kappa shape index (κ2) is 39.5. The van der Waals surface area contributed by atoms with Crippen LogP contribution >= 0.6 is 31.9 Å². The summed E-state index contributed by atoms with van der Waals surface area (Å²) in [6, 6.07) is 20.2. The zero-order valence-corrected chi connectivity index (χ0v) is 71.5. The summed E-state index contributed by atoms with van der Waals surface area (Å²) in [7, 11) is -1.26. The molecule has 5 heterocycles. The van der Waals surface area contributed by atoms with Gasteiger partial charge in [0, 0.05) is 59.7 Å². The van der Waals surface area contributed by atoms with Gasteiger partial charge < -0.3 is 48.6 Å². The van der Waals surface area contributed by atoms with Crippen molar-refractivity contribution in [3.05, 3.63) is 86.7 Å². The topological polar surface area (TPSA) is 74.5 Å². The summed E-state index contributed by atoms with van der Waals surface area (Å²) < 4.78 is 51.4. The normalized spacial score (nSPS) is 18.0. The molecule has 0 radical (unpaired) electrons. The molecule has 9 nitrogen and oxygen atoms in total. The number of unbranched alkanes of at least 4 members (excludes halogenated alkanes) is 21. The number of aromatic nitrogens is 2. The molecule has 3 saturated heterocycles. The van der Waals surface area contributed by atoms with E-state index in [1.807, 2.05) is 41.5 Å². The van der Waals surface area contributed by atoms with E-state index in [1.165, 1.54) is 261 Å². The summed E-state index contributed by atoms with van der Waals surface area (Å²) in [6.07, 6.45) is 44.2. The summed E-state index contributed by atoms with van der Waals surface area (Å²) in [4.78, 5) is 0. The number of aryl methyl sites for hydroxylation is 4. The number of benzene rings is 4. The van der Waals surface area contributed by atoms with Crippen molar-refractivity contribution < 1.29 is 51.4 Å². The van der Waals surface area contributed by atoms with E-state index in [1.54, 1.807) is 0 Å². The van der Waals surface area contributed by atoms with Crippen LogP contribution in [-0.2, 0) is 58.3 Å². The minimum absolute atomic E-state index is 0. The molecule has 562 valence electrons. The minimum Gasteiger partial charge on any atom is -0.399 e. The Morgan fingerprint density at radius 3 is 0.882 bits per heavy atom. The van der Waals surface area contributed by atoms with Crippen molar-refractivity contribution in [3.8, 4) is 0 Å². The molecule has 6 aromatic rings. The maximum absolute atomic E-state index is 6.67. The average molecular weight is 1520 g/mol. The first-order valence-electron chi connectivity index (χ1n) is 41.1. The first-order valence-corrected chi connectivity index (χ1v) is 42.7. The molecule has 5 aliphatic rings. The van der Waals surface area contributed by atoms with Gasteiger partial charge >= 0.3 is 40.4 Å². The van der Waals surface area contributed by atoms with Gasteiger partial charge in [0.05, 0.1) is 44.6 Å². The van der Waals surface area contributed by atoms with Gasteiger partial charge in [-0.2, -0.15) is 6.42 Å². The predicted molar refractivity (Wildman–Crippen MR) is 443 cm³/mol. The smallest absolute Gasteiger partial charge is 0.399 e. The summed E-state index contributed by atoms with van der Waals surface area (Å²) >= 11 is 7.71. The molecular weight excluding hydrogens is 1380 g/mol. The van der Waals surface area contributed by atoms with Crippen LogP contribution in [0.15, 0.2) is 57.5 Å². The number of hydrogen-bond donors (Lipinski definition) is 0. The van der Waals surface area contributed by atoms with Crippen LogP contribution in [0.5, 0.6) is 0 Å². The largest absolute Gasteiger partial charge is 1.00 e. The second-order valence-electron chi connectivity index (χ2n) is 34.1. The predicted octanol–water partition coefficient (Wildman–Crippen LogP) is 22.6. The fraction of sp³-hybridized carbons (Fsp3) is 0.713. The van der Waals surface area contributed by atoms with E-state index < -0.39 is 7.32 Å². The van der Waals surface area contributed by atoms with Crippen LogP contribution in [0.1, 0.15) is 359 Å². The number of rotatable bonds is 35. The van der Waals surface area contributed by atoms with E-state index in [0.717, 1.165) is 43.0 Å². The Hall–Kier alpha value is -2.05. The van der Waals surface area contributed by atoms with E-state index in [2.05, 4.69) is 186 Å². The second-order valence-corrected chi connectivity index (χ2v) is 35.9. The fourth-order valence-corrected chi connectivity index (χ4v) is 16.7. The Kier molecular flexibility index (Phi) is 33.8. The maximum Gasteiger partial charge on any atom is 1.00 e. The van der Waals surface area contributed by atoms with Crippen LogP contribution in [0.4, 0.5) is 0 Å². The molecule has 0 amide bonds. The van der Waals surface area contributed by atoms with Gasteiger partial charge in [-0.3, -0.25) is 0 Å². The molecule has 3 aliphatic heterocycles. The van der Waals surface area contributed by atoms with E-state index in [4.69, 9.17) is 32.6 Å².